The third-order valence-corrected chi connectivity index (χ3v) is 9.15. The summed E-state index contributed by atoms with van der Waals surface area (Å²) in [6.45, 7) is 6.50. The summed E-state index contributed by atoms with van der Waals surface area (Å²) in [5.74, 6) is 2.76. The lowest BCUT2D eigenvalue weighted by Crippen LogP contribution is -2.56. The summed E-state index contributed by atoms with van der Waals surface area (Å²) in [6.07, 6.45) is 7.29. The number of aliphatic hydroxyl groups is 2. The zero-order valence-electron chi connectivity index (χ0n) is 14.8. The number of Topliss-reactive ketones (excluding diaryl/α,β-unsaturated/α-hetero) is 1. The van der Waals surface area contributed by atoms with Gasteiger partial charge >= 0.3 is 0 Å². The third kappa shape index (κ3) is 1.93. The van der Waals surface area contributed by atoms with Crippen molar-refractivity contribution in [1.29, 1.82) is 0 Å². The maximum absolute atomic E-state index is 11.9. The van der Waals surface area contributed by atoms with Crippen LogP contribution in [0, 0.1) is 34.5 Å². The highest BCUT2D eigenvalue weighted by molar-refractivity contribution is 5.79. The van der Waals surface area contributed by atoms with E-state index in [-0.39, 0.29) is 5.41 Å². The molecule has 23 heavy (non-hydrogen) atoms. The van der Waals surface area contributed by atoms with Gasteiger partial charge in [0.05, 0.1) is 11.7 Å². The van der Waals surface area contributed by atoms with Gasteiger partial charge < -0.3 is 10.2 Å². The molecule has 3 nitrogen and oxygen atoms in total. The van der Waals surface area contributed by atoms with Crippen LogP contribution >= 0.6 is 0 Å². The molecule has 0 aromatic carbocycles. The summed E-state index contributed by atoms with van der Waals surface area (Å²) in [7, 11) is 0. The first-order chi connectivity index (χ1) is 10.7. The molecule has 2 N–H and O–H groups in total. The zero-order chi connectivity index (χ0) is 16.6. The van der Waals surface area contributed by atoms with Gasteiger partial charge in [-0.05, 0) is 74.5 Å². The molecule has 4 aliphatic rings. The highest BCUT2D eigenvalue weighted by Gasteiger charge is 2.66. The van der Waals surface area contributed by atoms with Crippen LogP contribution in [0.2, 0.25) is 0 Å². The van der Waals surface area contributed by atoms with E-state index in [9.17, 15) is 15.0 Å². The van der Waals surface area contributed by atoms with Gasteiger partial charge in [0.2, 0.25) is 0 Å². The monoisotopic (exact) mass is 320 g/mol. The van der Waals surface area contributed by atoms with Crippen molar-refractivity contribution in [3.8, 4) is 0 Å². The summed E-state index contributed by atoms with van der Waals surface area (Å²) >= 11 is 0. The topological polar surface area (TPSA) is 57.5 Å². The van der Waals surface area contributed by atoms with Crippen LogP contribution in [0.3, 0.4) is 0 Å². The summed E-state index contributed by atoms with van der Waals surface area (Å²) in [4.78, 5) is 11.9. The number of hydrogen-bond donors (Lipinski definition) is 2. The Morgan fingerprint density at radius 1 is 1.04 bits per heavy atom. The van der Waals surface area contributed by atoms with Gasteiger partial charge in [0.15, 0.2) is 0 Å². The van der Waals surface area contributed by atoms with Gasteiger partial charge in [-0.3, -0.25) is 4.79 Å². The Hall–Kier alpha value is -0.410. The minimum atomic E-state index is -0.955. The lowest BCUT2D eigenvalue weighted by molar-refractivity contribution is -0.162. The number of fused-ring (bicyclic) bond motifs is 5. The van der Waals surface area contributed by atoms with Crippen molar-refractivity contribution in [2.24, 2.45) is 34.5 Å². The first kappa shape index (κ1) is 16.1. The van der Waals surface area contributed by atoms with Crippen LogP contribution in [-0.4, -0.2) is 27.7 Å². The highest BCUT2D eigenvalue weighted by Crippen LogP contribution is 2.67. The maximum Gasteiger partial charge on any atom is 0.133 e. The largest absolute Gasteiger partial charge is 0.390 e. The Morgan fingerprint density at radius 2 is 1.78 bits per heavy atom. The van der Waals surface area contributed by atoms with Crippen molar-refractivity contribution < 1.29 is 15.0 Å². The van der Waals surface area contributed by atoms with Crippen LogP contribution < -0.4 is 0 Å². The first-order valence-corrected chi connectivity index (χ1v) is 9.62. The van der Waals surface area contributed by atoms with Crippen molar-refractivity contribution >= 4 is 5.78 Å². The van der Waals surface area contributed by atoms with Crippen molar-refractivity contribution in [3.05, 3.63) is 0 Å². The Balaban J connectivity index is 1.66. The molecule has 0 aromatic heterocycles. The van der Waals surface area contributed by atoms with Crippen LogP contribution in [0.4, 0.5) is 0 Å². The summed E-state index contributed by atoms with van der Waals surface area (Å²) < 4.78 is 0. The summed E-state index contributed by atoms with van der Waals surface area (Å²) in [5, 5.41) is 21.4. The van der Waals surface area contributed by atoms with Gasteiger partial charge in [-0.15, -0.1) is 0 Å². The molecule has 130 valence electrons. The molecule has 0 unspecified atom stereocenters. The van der Waals surface area contributed by atoms with Crippen LogP contribution in [0.1, 0.15) is 72.1 Å². The van der Waals surface area contributed by atoms with Crippen molar-refractivity contribution in [2.45, 2.75) is 83.8 Å². The minimum Gasteiger partial charge on any atom is -0.390 e. The molecule has 3 heteroatoms. The molecular formula is C20H32O3. The third-order valence-electron chi connectivity index (χ3n) is 9.15. The predicted molar refractivity (Wildman–Crippen MR) is 88.7 cm³/mol. The molecule has 4 rings (SSSR count). The number of ketones is 1. The van der Waals surface area contributed by atoms with E-state index in [4.69, 9.17) is 0 Å². The van der Waals surface area contributed by atoms with Gasteiger partial charge in [-0.25, -0.2) is 0 Å². The average Bonchev–Trinajstić information content (AvgIpc) is 2.67. The second-order valence-corrected chi connectivity index (χ2v) is 9.75. The summed E-state index contributed by atoms with van der Waals surface area (Å²) in [5.41, 5.74) is -0.804. The number of carbonyl (C=O) groups excluding carboxylic acids is 1. The molecule has 4 saturated carbocycles. The molecule has 0 radical (unpaired) electrons. The molecular weight excluding hydrogens is 288 g/mol. The van der Waals surface area contributed by atoms with Gasteiger partial charge in [-0.1, -0.05) is 13.8 Å². The van der Waals surface area contributed by atoms with E-state index in [0.29, 0.717) is 34.9 Å². The first-order valence-electron chi connectivity index (χ1n) is 9.62. The molecule has 0 saturated heterocycles. The van der Waals surface area contributed by atoms with Gasteiger partial charge in [0, 0.05) is 18.3 Å². The Kier molecular flexibility index (Phi) is 3.37. The van der Waals surface area contributed by atoms with Crippen molar-refractivity contribution in [2.75, 3.05) is 0 Å². The zero-order valence-corrected chi connectivity index (χ0v) is 14.8. The molecule has 0 amide bonds. The van der Waals surface area contributed by atoms with E-state index in [1.54, 1.807) is 0 Å². The smallest absolute Gasteiger partial charge is 0.133 e. The molecule has 0 aliphatic heterocycles. The van der Waals surface area contributed by atoms with Crippen LogP contribution in [0.5, 0.6) is 0 Å². The van der Waals surface area contributed by atoms with Crippen LogP contribution in [0.25, 0.3) is 0 Å². The van der Waals surface area contributed by atoms with Crippen molar-refractivity contribution in [3.63, 3.8) is 0 Å². The van der Waals surface area contributed by atoms with Gasteiger partial charge in [0.25, 0.3) is 0 Å². The Bertz CT molecular complexity index is 527. The van der Waals surface area contributed by atoms with E-state index in [1.807, 2.05) is 6.92 Å². The van der Waals surface area contributed by atoms with Crippen LogP contribution in [0.15, 0.2) is 0 Å². The molecule has 0 aromatic rings. The number of rotatable bonds is 0. The highest BCUT2D eigenvalue weighted by atomic mass is 16.3. The fourth-order valence-electron chi connectivity index (χ4n) is 7.28. The molecule has 8 atom stereocenters. The molecule has 0 bridgehead atoms. The standard InChI is InChI=1S/C20H32O3/c1-18-8-6-13(21)10-12(18)4-5-14-15(18)7-9-19(2)16(14)11-17(22)20(19,3)23/h12,14-17,22-23H,4-11H2,1-3H3/t12-,14+,15-,16-,17-,18-,19-,20+/m0/s1. The van der Waals surface area contributed by atoms with E-state index in [0.717, 1.165) is 44.9 Å². The quantitative estimate of drug-likeness (QED) is 0.720. The Morgan fingerprint density at radius 3 is 2.52 bits per heavy atom. The molecule has 0 heterocycles. The van der Waals surface area contributed by atoms with E-state index >= 15 is 0 Å². The second kappa shape index (κ2) is 4.82. The molecule has 4 fully saturated rings. The Labute approximate surface area is 139 Å². The van der Waals surface area contributed by atoms with Gasteiger partial charge in [0.1, 0.15) is 5.78 Å². The fourth-order valence-corrected chi connectivity index (χ4v) is 7.28. The van der Waals surface area contributed by atoms with E-state index in [1.165, 1.54) is 6.42 Å². The average molecular weight is 320 g/mol. The number of hydrogen-bond acceptors (Lipinski definition) is 3. The SMILES string of the molecule is C[C@]12CCC(=O)C[C@@H]1CC[C@@H]1[C@@H]2CC[C@@]2(C)[C@H]1C[C@H](O)[C@@]2(C)O. The maximum atomic E-state index is 11.9. The summed E-state index contributed by atoms with van der Waals surface area (Å²) in [6, 6.07) is 0. The lowest BCUT2D eigenvalue weighted by atomic mass is 9.44. The second-order valence-electron chi connectivity index (χ2n) is 9.75. The van der Waals surface area contributed by atoms with Crippen LogP contribution in [-0.2, 0) is 4.79 Å². The number of aliphatic hydroxyl groups excluding tert-OH is 1. The predicted octanol–water partition coefficient (Wildman–Crippen LogP) is 3.32. The lowest BCUT2D eigenvalue weighted by Gasteiger charge is -2.60. The van der Waals surface area contributed by atoms with E-state index < -0.39 is 11.7 Å². The van der Waals surface area contributed by atoms with E-state index in [2.05, 4.69) is 13.8 Å². The number of carbonyl (C=O) groups is 1. The van der Waals surface area contributed by atoms with Gasteiger partial charge in [-0.2, -0.15) is 0 Å². The molecule has 0 spiro atoms. The normalized spacial score (nSPS) is 59.2. The molecule has 4 aliphatic carbocycles. The minimum absolute atomic E-state index is 0.152. The fraction of sp³-hybridized carbons (Fsp3) is 0.950. The van der Waals surface area contributed by atoms with Crippen molar-refractivity contribution in [1.82, 2.24) is 0 Å².